The van der Waals surface area contributed by atoms with E-state index in [0.29, 0.717) is 5.69 Å². The van der Waals surface area contributed by atoms with Crippen molar-refractivity contribution in [1.82, 2.24) is 0 Å². The zero-order valence-electron chi connectivity index (χ0n) is 14.0. The van der Waals surface area contributed by atoms with E-state index in [-0.39, 0.29) is 45.0 Å². The fourth-order valence-corrected chi connectivity index (χ4v) is 3.27. The first-order chi connectivity index (χ1) is 13.0. The highest BCUT2D eigenvalue weighted by atomic mass is 16.4. The number of nitrogens with two attached hydrogens (primary N) is 1. The van der Waals surface area contributed by atoms with Gasteiger partial charge in [0.1, 0.15) is 0 Å². The van der Waals surface area contributed by atoms with Gasteiger partial charge in [0.25, 0.3) is 0 Å². The van der Waals surface area contributed by atoms with Crippen molar-refractivity contribution in [2.75, 3.05) is 11.1 Å². The predicted octanol–water partition coefficient (Wildman–Crippen LogP) is 3.49. The molecule has 6 heteroatoms. The molecule has 0 fully saturated rings. The minimum Gasteiger partial charge on any atom is -0.478 e. The molecule has 0 heterocycles. The summed E-state index contributed by atoms with van der Waals surface area (Å²) in [6, 6.07) is 16.7. The van der Waals surface area contributed by atoms with Crippen LogP contribution >= 0.6 is 0 Å². The number of anilines is 3. The Labute approximate surface area is 154 Å². The van der Waals surface area contributed by atoms with Gasteiger partial charge in [-0.15, -0.1) is 0 Å². The van der Waals surface area contributed by atoms with Crippen LogP contribution < -0.4 is 11.1 Å². The fourth-order valence-electron chi connectivity index (χ4n) is 3.27. The normalized spacial score (nSPS) is 12.3. The first-order valence-corrected chi connectivity index (χ1v) is 8.19. The Hall–Kier alpha value is -3.93. The molecule has 0 atom stereocenters. The molecule has 6 nitrogen and oxygen atoms in total. The molecule has 0 spiro atoms. The summed E-state index contributed by atoms with van der Waals surface area (Å²) in [5.74, 6) is -2.11. The van der Waals surface area contributed by atoms with E-state index in [1.165, 1.54) is 12.1 Å². The molecule has 1 aliphatic carbocycles. The van der Waals surface area contributed by atoms with Crippen molar-refractivity contribution in [2.24, 2.45) is 0 Å². The van der Waals surface area contributed by atoms with Gasteiger partial charge in [0.2, 0.25) is 0 Å². The molecule has 132 valence electrons. The number of ketones is 2. The number of carboxylic acid groups (broad SMARTS) is 1. The molecule has 0 saturated carbocycles. The summed E-state index contributed by atoms with van der Waals surface area (Å²) in [7, 11) is 0. The smallest absolute Gasteiger partial charge is 0.337 e. The number of nitrogens with one attached hydrogen (secondary N) is 1. The Bertz CT molecular complexity index is 1120. The number of hydrogen-bond donors (Lipinski definition) is 3. The van der Waals surface area contributed by atoms with Gasteiger partial charge in [0.05, 0.1) is 28.1 Å². The summed E-state index contributed by atoms with van der Waals surface area (Å²) in [5, 5.41) is 12.5. The fraction of sp³-hybridized carbons (Fsp3) is 0. The van der Waals surface area contributed by atoms with Gasteiger partial charge in [-0.1, -0.05) is 42.5 Å². The second kappa shape index (κ2) is 6.10. The van der Waals surface area contributed by atoms with E-state index in [4.69, 9.17) is 5.73 Å². The maximum atomic E-state index is 13.1. The molecule has 1 aliphatic rings. The van der Waals surface area contributed by atoms with Crippen LogP contribution in [0.15, 0.2) is 60.7 Å². The van der Waals surface area contributed by atoms with Gasteiger partial charge >= 0.3 is 5.97 Å². The third-order valence-electron chi connectivity index (χ3n) is 4.52. The van der Waals surface area contributed by atoms with Crippen molar-refractivity contribution in [1.29, 1.82) is 0 Å². The number of para-hydroxylation sites is 1. The number of carboxylic acids is 1. The van der Waals surface area contributed by atoms with Gasteiger partial charge in [-0.25, -0.2) is 4.79 Å². The first-order valence-electron chi connectivity index (χ1n) is 8.19. The maximum absolute atomic E-state index is 13.1. The number of aromatic carboxylic acids is 1. The molecular weight excluding hydrogens is 344 g/mol. The quantitative estimate of drug-likeness (QED) is 0.484. The van der Waals surface area contributed by atoms with Crippen LogP contribution in [0.25, 0.3) is 0 Å². The molecule has 27 heavy (non-hydrogen) atoms. The lowest BCUT2D eigenvalue weighted by atomic mass is 9.81. The van der Waals surface area contributed by atoms with Crippen LogP contribution in [-0.4, -0.2) is 22.6 Å². The lowest BCUT2D eigenvalue weighted by molar-refractivity contribution is 0.0697. The van der Waals surface area contributed by atoms with E-state index < -0.39 is 11.8 Å². The van der Waals surface area contributed by atoms with Crippen molar-refractivity contribution in [3.05, 3.63) is 88.5 Å². The van der Waals surface area contributed by atoms with Crippen LogP contribution in [0, 0.1) is 0 Å². The Balaban J connectivity index is 2.01. The molecule has 4 rings (SSSR count). The zero-order chi connectivity index (χ0) is 19.1. The monoisotopic (exact) mass is 358 g/mol. The molecule has 0 aliphatic heterocycles. The summed E-state index contributed by atoms with van der Waals surface area (Å²) < 4.78 is 0. The Morgan fingerprint density at radius 2 is 1.41 bits per heavy atom. The molecule has 0 unspecified atom stereocenters. The lowest BCUT2D eigenvalue weighted by Crippen LogP contribution is -2.25. The van der Waals surface area contributed by atoms with E-state index in [1.54, 1.807) is 42.5 Å². The van der Waals surface area contributed by atoms with Crippen molar-refractivity contribution < 1.29 is 19.5 Å². The third kappa shape index (κ3) is 2.55. The lowest BCUT2D eigenvalue weighted by Gasteiger charge is -2.23. The largest absolute Gasteiger partial charge is 0.478 e. The summed E-state index contributed by atoms with van der Waals surface area (Å²) in [4.78, 5) is 37.7. The summed E-state index contributed by atoms with van der Waals surface area (Å²) in [6.45, 7) is 0. The maximum Gasteiger partial charge on any atom is 0.337 e. The second-order valence-electron chi connectivity index (χ2n) is 6.14. The van der Waals surface area contributed by atoms with Gasteiger partial charge in [0, 0.05) is 16.8 Å². The average molecular weight is 358 g/mol. The van der Waals surface area contributed by atoms with E-state index in [0.717, 1.165) is 0 Å². The molecule has 4 N–H and O–H groups in total. The predicted molar refractivity (Wildman–Crippen MR) is 101 cm³/mol. The molecule has 0 bridgehead atoms. The number of benzene rings is 3. The minimum absolute atomic E-state index is 0.0722. The highest BCUT2D eigenvalue weighted by molar-refractivity contribution is 6.32. The van der Waals surface area contributed by atoms with Gasteiger partial charge in [-0.2, -0.15) is 0 Å². The number of carbonyl (C=O) groups is 3. The molecule has 0 radical (unpaired) electrons. The van der Waals surface area contributed by atoms with Crippen LogP contribution in [0.4, 0.5) is 17.1 Å². The van der Waals surface area contributed by atoms with Gasteiger partial charge in [0.15, 0.2) is 11.6 Å². The van der Waals surface area contributed by atoms with Crippen LogP contribution in [-0.2, 0) is 0 Å². The first kappa shape index (κ1) is 16.5. The number of fused-ring (bicyclic) bond motifs is 2. The Morgan fingerprint density at radius 1 is 0.852 bits per heavy atom. The van der Waals surface area contributed by atoms with E-state index in [9.17, 15) is 19.5 Å². The van der Waals surface area contributed by atoms with Crippen molar-refractivity contribution >= 4 is 34.6 Å². The standard InChI is InChI=1S/C21H14N2O4/c22-18-14(21(26)27)10-15(23-11-6-2-1-3-7-11)16-17(18)20(25)13-9-5-4-8-12(13)19(16)24/h1-10,23H,22H2,(H,26,27). The SMILES string of the molecule is Nc1c(C(=O)O)cc(Nc2ccccc2)c2c1C(=O)c1ccccc1C2=O. The van der Waals surface area contributed by atoms with Crippen molar-refractivity contribution in [2.45, 2.75) is 0 Å². The number of hydrogen-bond acceptors (Lipinski definition) is 5. The molecule has 3 aromatic carbocycles. The zero-order valence-corrected chi connectivity index (χ0v) is 14.0. The number of carbonyl (C=O) groups excluding carboxylic acids is 2. The van der Waals surface area contributed by atoms with Gasteiger partial charge < -0.3 is 16.2 Å². The van der Waals surface area contributed by atoms with Crippen LogP contribution in [0.2, 0.25) is 0 Å². The molecule has 0 saturated heterocycles. The molecule has 0 amide bonds. The highest BCUT2D eigenvalue weighted by Gasteiger charge is 2.35. The summed E-state index contributed by atoms with van der Waals surface area (Å²) in [6.07, 6.45) is 0. The van der Waals surface area contributed by atoms with Crippen LogP contribution in [0.5, 0.6) is 0 Å². The van der Waals surface area contributed by atoms with Gasteiger partial charge in [-0.3, -0.25) is 9.59 Å². The summed E-state index contributed by atoms with van der Waals surface area (Å²) >= 11 is 0. The minimum atomic E-state index is -1.27. The topological polar surface area (TPSA) is 109 Å². The van der Waals surface area contributed by atoms with Gasteiger partial charge in [-0.05, 0) is 18.2 Å². The van der Waals surface area contributed by atoms with Crippen LogP contribution in [0.3, 0.4) is 0 Å². The molecular formula is C21H14N2O4. The van der Waals surface area contributed by atoms with Crippen LogP contribution in [0.1, 0.15) is 42.2 Å². The average Bonchev–Trinajstić information content (AvgIpc) is 2.67. The Kier molecular flexibility index (Phi) is 3.74. The van der Waals surface area contributed by atoms with E-state index in [1.807, 2.05) is 6.07 Å². The second-order valence-corrected chi connectivity index (χ2v) is 6.14. The number of rotatable bonds is 3. The number of nitrogen functional groups attached to an aromatic ring is 1. The van der Waals surface area contributed by atoms with E-state index >= 15 is 0 Å². The third-order valence-corrected chi connectivity index (χ3v) is 4.52. The van der Waals surface area contributed by atoms with Crippen molar-refractivity contribution in [3.8, 4) is 0 Å². The summed E-state index contributed by atoms with van der Waals surface area (Å²) in [5.41, 5.74) is 6.95. The Morgan fingerprint density at radius 3 is 2.00 bits per heavy atom. The van der Waals surface area contributed by atoms with Crippen molar-refractivity contribution in [3.63, 3.8) is 0 Å². The highest BCUT2D eigenvalue weighted by Crippen LogP contribution is 2.38. The van der Waals surface area contributed by atoms with E-state index in [2.05, 4.69) is 5.32 Å². The molecule has 0 aromatic heterocycles. The molecule has 3 aromatic rings.